The van der Waals surface area contributed by atoms with Crippen LogP contribution in [0.15, 0.2) is 30.3 Å². The van der Waals surface area contributed by atoms with Gasteiger partial charge in [0.05, 0.1) is 0 Å². The zero-order chi connectivity index (χ0) is 14.9. The van der Waals surface area contributed by atoms with Gasteiger partial charge in [-0.25, -0.2) is 0 Å². The van der Waals surface area contributed by atoms with Crippen molar-refractivity contribution in [3.63, 3.8) is 0 Å². The predicted octanol–water partition coefficient (Wildman–Crippen LogP) is 3.28. The Bertz CT molecular complexity index is 416. The van der Waals surface area contributed by atoms with E-state index < -0.39 is 0 Å². The van der Waals surface area contributed by atoms with E-state index in [2.05, 4.69) is 40.5 Å². The number of benzene rings is 1. The molecule has 1 N–H and O–H groups in total. The van der Waals surface area contributed by atoms with Crippen LogP contribution >= 0.6 is 12.4 Å². The Hall–Kier alpha value is -1.06. The van der Waals surface area contributed by atoms with Crippen molar-refractivity contribution in [2.24, 2.45) is 5.92 Å². The zero-order valence-corrected chi connectivity index (χ0v) is 14.4. The van der Waals surface area contributed by atoms with E-state index in [9.17, 15) is 4.79 Å². The summed E-state index contributed by atoms with van der Waals surface area (Å²) in [5.41, 5.74) is 1.43. The fourth-order valence-electron chi connectivity index (χ4n) is 3.06. The standard InChI is InChI=1S/C18H28N2O.ClH/c1-19-13-5-8-18(21)20-14-11-17(12-15-20)10-9-16-6-3-2-4-7-16;/h2-4,6-7,17,19H,5,8-15H2,1H3;1H. The van der Waals surface area contributed by atoms with E-state index in [0.717, 1.165) is 32.0 Å². The lowest BCUT2D eigenvalue weighted by atomic mass is 9.90. The van der Waals surface area contributed by atoms with Gasteiger partial charge in [-0.3, -0.25) is 4.79 Å². The highest BCUT2D eigenvalue weighted by Gasteiger charge is 2.22. The van der Waals surface area contributed by atoms with E-state index >= 15 is 0 Å². The molecular weight excluding hydrogens is 296 g/mol. The molecule has 0 aliphatic carbocycles. The molecule has 0 bridgehead atoms. The molecule has 3 nitrogen and oxygen atoms in total. The van der Waals surface area contributed by atoms with E-state index in [-0.39, 0.29) is 12.4 Å². The van der Waals surface area contributed by atoms with E-state index in [1.807, 2.05) is 7.05 Å². The maximum atomic E-state index is 12.1. The fourth-order valence-corrected chi connectivity index (χ4v) is 3.06. The third kappa shape index (κ3) is 6.37. The molecule has 1 saturated heterocycles. The molecule has 1 aromatic rings. The first-order valence-corrected chi connectivity index (χ1v) is 8.26. The monoisotopic (exact) mass is 324 g/mol. The highest BCUT2D eigenvalue weighted by molar-refractivity contribution is 5.85. The van der Waals surface area contributed by atoms with Gasteiger partial charge in [0.15, 0.2) is 0 Å². The molecule has 0 spiro atoms. The number of rotatable bonds is 7. The topological polar surface area (TPSA) is 32.3 Å². The van der Waals surface area contributed by atoms with Gasteiger partial charge < -0.3 is 10.2 Å². The van der Waals surface area contributed by atoms with Gasteiger partial charge in [0.25, 0.3) is 0 Å². The first kappa shape index (κ1) is 19.0. The van der Waals surface area contributed by atoms with Crippen LogP contribution in [-0.2, 0) is 11.2 Å². The fraction of sp³-hybridized carbons (Fsp3) is 0.611. The van der Waals surface area contributed by atoms with Gasteiger partial charge in [-0.1, -0.05) is 30.3 Å². The summed E-state index contributed by atoms with van der Waals surface area (Å²) >= 11 is 0. The third-order valence-electron chi connectivity index (χ3n) is 4.47. The second-order valence-electron chi connectivity index (χ2n) is 6.06. The average molecular weight is 325 g/mol. The summed E-state index contributed by atoms with van der Waals surface area (Å²) in [5.74, 6) is 1.12. The Morgan fingerprint density at radius 3 is 2.55 bits per heavy atom. The van der Waals surface area contributed by atoms with Gasteiger partial charge in [-0.2, -0.15) is 0 Å². The van der Waals surface area contributed by atoms with Crippen LogP contribution in [0.25, 0.3) is 0 Å². The summed E-state index contributed by atoms with van der Waals surface area (Å²) in [6, 6.07) is 10.7. The first-order chi connectivity index (χ1) is 10.3. The second kappa shape index (κ2) is 10.6. The lowest BCUT2D eigenvalue weighted by molar-refractivity contribution is -0.132. The molecular formula is C18H29ClN2O. The number of hydrogen-bond donors (Lipinski definition) is 1. The van der Waals surface area contributed by atoms with Crippen molar-refractivity contribution >= 4 is 18.3 Å². The van der Waals surface area contributed by atoms with Gasteiger partial charge in [0.2, 0.25) is 5.91 Å². The van der Waals surface area contributed by atoms with Crippen LogP contribution in [0.1, 0.15) is 37.7 Å². The number of carbonyl (C=O) groups is 1. The molecule has 0 aromatic heterocycles. The van der Waals surface area contributed by atoms with Crippen LogP contribution in [0.5, 0.6) is 0 Å². The summed E-state index contributed by atoms with van der Waals surface area (Å²) < 4.78 is 0. The van der Waals surface area contributed by atoms with E-state index in [1.54, 1.807) is 0 Å². The molecule has 0 radical (unpaired) electrons. The molecule has 1 aromatic carbocycles. The summed E-state index contributed by atoms with van der Waals surface area (Å²) in [6.07, 6.45) is 6.40. The minimum absolute atomic E-state index is 0. The summed E-state index contributed by atoms with van der Waals surface area (Å²) in [5, 5.41) is 3.09. The lowest BCUT2D eigenvalue weighted by Crippen LogP contribution is -2.38. The Morgan fingerprint density at radius 2 is 1.91 bits per heavy atom. The van der Waals surface area contributed by atoms with Crippen LogP contribution in [0.2, 0.25) is 0 Å². The number of halogens is 1. The molecule has 124 valence electrons. The van der Waals surface area contributed by atoms with Gasteiger partial charge in [0, 0.05) is 19.5 Å². The molecule has 0 unspecified atom stereocenters. The minimum atomic E-state index is 0. The van der Waals surface area contributed by atoms with Crippen LogP contribution in [-0.4, -0.2) is 37.5 Å². The predicted molar refractivity (Wildman–Crippen MR) is 94.5 cm³/mol. The van der Waals surface area contributed by atoms with Crippen molar-refractivity contribution in [1.29, 1.82) is 0 Å². The summed E-state index contributed by atoms with van der Waals surface area (Å²) in [7, 11) is 1.93. The minimum Gasteiger partial charge on any atom is -0.343 e. The van der Waals surface area contributed by atoms with Gasteiger partial charge >= 0.3 is 0 Å². The van der Waals surface area contributed by atoms with E-state index in [1.165, 1.54) is 31.2 Å². The Morgan fingerprint density at radius 1 is 1.23 bits per heavy atom. The number of hydrogen-bond acceptors (Lipinski definition) is 2. The lowest BCUT2D eigenvalue weighted by Gasteiger charge is -2.32. The largest absolute Gasteiger partial charge is 0.343 e. The maximum absolute atomic E-state index is 12.1. The molecule has 1 fully saturated rings. The first-order valence-electron chi connectivity index (χ1n) is 8.26. The second-order valence-corrected chi connectivity index (χ2v) is 6.06. The van der Waals surface area contributed by atoms with Crippen molar-refractivity contribution in [1.82, 2.24) is 10.2 Å². The smallest absolute Gasteiger partial charge is 0.222 e. The Balaban J connectivity index is 0.00000242. The van der Waals surface area contributed by atoms with Crippen LogP contribution < -0.4 is 5.32 Å². The highest BCUT2D eigenvalue weighted by Crippen LogP contribution is 2.23. The summed E-state index contributed by atoms with van der Waals surface area (Å²) in [4.78, 5) is 14.1. The SMILES string of the molecule is CNCCCC(=O)N1CCC(CCc2ccccc2)CC1.Cl. The molecule has 0 saturated carbocycles. The van der Waals surface area contributed by atoms with Crippen LogP contribution in [0.3, 0.4) is 0 Å². The number of amides is 1. The molecule has 2 rings (SSSR count). The molecule has 1 amide bonds. The molecule has 22 heavy (non-hydrogen) atoms. The number of carbonyl (C=O) groups excluding carboxylic acids is 1. The van der Waals surface area contributed by atoms with Gasteiger partial charge in [0.1, 0.15) is 0 Å². The molecule has 1 heterocycles. The van der Waals surface area contributed by atoms with Crippen molar-refractivity contribution in [2.45, 2.75) is 38.5 Å². The number of aryl methyl sites for hydroxylation is 1. The summed E-state index contributed by atoms with van der Waals surface area (Å²) in [6.45, 7) is 2.84. The Kier molecular flexibility index (Phi) is 9.17. The van der Waals surface area contributed by atoms with Crippen molar-refractivity contribution < 1.29 is 4.79 Å². The zero-order valence-electron chi connectivity index (χ0n) is 13.6. The Labute approximate surface area is 140 Å². The molecule has 4 heteroatoms. The van der Waals surface area contributed by atoms with E-state index in [4.69, 9.17) is 0 Å². The third-order valence-corrected chi connectivity index (χ3v) is 4.47. The molecule has 1 aliphatic rings. The van der Waals surface area contributed by atoms with Gasteiger partial charge in [-0.15, -0.1) is 12.4 Å². The van der Waals surface area contributed by atoms with Crippen molar-refractivity contribution in [3.05, 3.63) is 35.9 Å². The average Bonchev–Trinajstić information content (AvgIpc) is 2.54. The normalized spacial score (nSPS) is 15.4. The highest BCUT2D eigenvalue weighted by atomic mass is 35.5. The van der Waals surface area contributed by atoms with E-state index in [0.29, 0.717) is 12.3 Å². The number of nitrogens with zero attached hydrogens (tertiary/aromatic N) is 1. The van der Waals surface area contributed by atoms with Crippen LogP contribution in [0.4, 0.5) is 0 Å². The molecule has 1 aliphatic heterocycles. The maximum Gasteiger partial charge on any atom is 0.222 e. The van der Waals surface area contributed by atoms with Gasteiger partial charge in [-0.05, 0) is 57.2 Å². The van der Waals surface area contributed by atoms with Crippen molar-refractivity contribution in [3.8, 4) is 0 Å². The number of piperidine rings is 1. The van der Waals surface area contributed by atoms with Crippen molar-refractivity contribution in [2.75, 3.05) is 26.7 Å². The number of nitrogens with one attached hydrogen (secondary N) is 1. The number of likely N-dealkylation sites (tertiary alicyclic amines) is 1. The molecule has 0 atom stereocenters. The quantitative estimate of drug-likeness (QED) is 0.781. The van der Waals surface area contributed by atoms with Crippen LogP contribution in [0, 0.1) is 5.92 Å².